The average Bonchev–Trinajstić information content (AvgIpc) is 2.82. The number of nitrogens with zero attached hydrogens (tertiary/aromatic N) is 2. The van der Waals surface area contributed by atoms with Crippen LogP contribution in [0.1, 0.15) is 18.9 Å². The molecule has 5 nitrogen and oxygen atoms in total. The van der Waals surface area contributed by atoms with Crippen molar-refractivity contribution in [3.05, 3.63) is 39.3 Å². The monoisotopic (exact) mass is 277 g/mol. The number of thiophene rings is 1. The zero-order chi connectivity index (χ0) is 13.8. The van der Waals surface area contributed by atoms with Crippen LogP contribution in [0.5, 0.6) is 0 Å². The molecule has 2 aromatic rings. The predicted octanol–water partition coefficient (Wildman–Crippen LogP) is 3.85. The molecule has 0 amide bonds. The largest absolute Gasteiger partial charge is 0.370 e. The van der Waals surface area contributed by atoms with Crippen LogP contribution in [0.3, 0.4) is 0 Å². The highest BCUT2D eigenvalue weighted by Crippen LogP contribution is 2.35. The Balaban J connectivity index is 2.48. The average molecular weight is 277 g/mol. The highest BCUT2D eigenvalue weighted by atomic mass is 32.1. The van der Waals surface area contributed by atoms with Crippen molar-refractivity contribution in [2.45, 2.75) is 20.3 Å². The van der Waals surface area contributed by atoms with Crippen LogP contribution >= 0.6 is 11.3 Å². The Morgan fingerprint density at radius 1 is 1.42 bits per heavy atom. The molecule has 100 valence electrons. The van der Waals surface area contributed by atoms with Gasteiger partial charge >= 0.3 is 0 Å². The maximum absolute atomic E-state index is 11.1. The summed E-state index contributed by atoms with van der Waals surface area (Å²) in [5.74, 6) is 0.676. The van der Waals surface area contributed by atoms with Gasteiger partial charge < -0.3 is 5.32 Å². The first-order valence-corrected chi connectivity index (χ1v) is 6.95. The number of aromatic nitrogens is 1. The molecular weight excluding hydrogens is 262 g/mol. The summed E-state index contributed by atoms with van der Waals surface area (Å²) >= 11 is 1.47. The minimum Gasteiger partial charge on any atom is -0.370 e. The third-order valence-corrected chi connectivity index (χ3v) is 3.73. The number of hydrogen-bond donors (Lipinski definition) is 1. The van der Waals surface area contributed by atoms with E-state index in [2.05, 4.69) is 17.2 Å². The SMILES string of the molecule is CCCNc1ccc([N+](=O)[O-])c(-c2sccc2C)n1. The standard InChI is InChI=1S/C13H15N3O2S/c1-3-7-14-11-5-4-10(16(17)18)12(15-11)13-9(2)6-8-19-13/h4-6,8H,3,7H2,1-2H3,(H,14,15). The fourth-order valence-electron chi connectivity index (χ4n) is 1.73. The van der Waals surface area contributed by atoms with Crippen molar-refractivity contribution in [3.8, 4) is 10.6 Å². The van der Waals surface area contributed by atoms with Gasteiger partial charge in [-0.25, -0.2) is 4.98 Å². The first-order valence-electron chi connectivity index (χ1n) is 6.07. The lowest BCUT2D eigenvalue weighted by atomic mass is 10.2. The van der Waals surface area contributed by atoms with E-state index in [0.717, 1.165) is 23.4 Å². The van der Waals surface area contributed by atoms with Crippen molar-refractivity contribution in [3.63, 3.8) is 0 Å². The fourth-order valence-corrected chi connectivity index (χ4v) is 2.66. The van der Waals surface area contributed by atoms with E-state index in [1.165, 1.54) is 17.4 Å². The van der Waals surface area contributed by atoms with Crippen molar-refractivity contribution >= 4 is 22.8 Å². The zero-order valence-corrected chi connectivity index (χ0v) is 11.7. The van der Waals surface area contributed by atoms with Crippen LogP contribution in [0.2, 0.25) is 0 Å². The molecule has 0 fully saturated rings. The van der Waals surface area contributed by atoms with E-state index in [9.17, 15) is 10.1 Å². The minimum atomic E-state index is -0.384. The number of rotatable bonds is 5. The molecule has 0 aliphatic rings. The fraction of sp³-hybridized carbons (Fsp3) is 0.308. The molecule has 2 rings (SSSR count). The van der Waals surface area contributed by atoms with Crippen LogP contribution in [0.15, 0.2) is 23.6 Å². The van der Waals surface area contributed by atoms with Gasteiger partial charge in [-0.05, 0) is 36.4 Å². The zero-order valence-electron chi connectivity index (χ0n) is 10.8. The first-order chi connectivity index (χ1) is 9.13. The lowest BCUT2D eigenvalue weighted by molar-refractivity contribution is -0.384. The van der Waals surface area contributed by atoms with E-state index < -0.39 is 0 Å². The molecule has 0 unspecified atom stereocenters. The second-order valence-electron chi connectivity index (χ2n) is 4.18. The van der Waals surface area contributed by atoms with Gasteiger partial charge in [0.2, 0.25) is 0 Å². The summed E-state index contributed by atoms with van der Waals surface area (Å²) in [7, 11) is 0. The van der Waals surface area contributed by atoms with Crippen molar-refractivity contribution in [1.29, 1.82) is 0 Å². The number of aryl methyl sites for hydroxylation is 1. The van der Waals surface area contributed by atoms with Crippen molar-refractivity contribution in [2.75, 3.05) is 11.9 Å². The first kappa shape index (κ1) is 13.5. The number of hydrogen-bond acceptors (Lipinski definition) is 5. The van der Waals surface area contributed by atoms with Crippen LogP contribution in [0.25, 0.3) is 10.6 Å². The van der Waals surface area contributed by atoms with Gasteiger partial charge in [-0.2, -0.15) is 0 Å². The van der Waals surface area contributed by atoms with E-state index in [-0.39, 0.29) is 10.6 Å². The Hall–Kier alpha value is -1.95. The molecule has 2 aromatic heterocycles. The molecule has 0 spiro atoms. The van der Waals surface area contributed by atoms with E-state index >= 15 is 0 Å². The topological polar surface area (TPSA) is 68.1 Å². The molecular formula is C13H15N3O2S. The molecule has 2 heterocycles. The Bertz CT molecular complexity index is 595. The van der Waals surface area contributed by atoms with Gasteiger partial charge in [-0.1, -0.05) is 6.92 Å². The van der Waals surface area contributed by atoms with E-state index in [0.29, 0.717) is 11.5 Å². The molecule has 0 aromatic carbocycles. The Labute approximate surface area is 115 Å². The summed E-state index contributed by atoms with van der Waals surface area (Å²) in [6.45, 7) is 4.79. The molecule has 19 heavy (non-hydrogen) atoms. The van der Waals surface area contributed by atoms with Crippen LogP contribution < -0.4 is 5.32 Å². The normalized spacial score (nSPS) is 10.4. The number of anilines is 1. The summed E-state index contributed by atoms with van der Waals surface area (Å²) in [5.41, 5.74) is 1.50. The van der Waals surface area contributed by atoms with E-state index in [1.807, 2.05) is 18.4 Å². The number of pyridine rings is 1. The lowest BCUT2D eigenvalue weighted by Crippen LogP contribution is -2.03. The summed E-state index contributed by atoms with van der Waals surface area (Å²) < 4.78 is 0. The van der Waals surface area contributed by atoms with Gasteiger partial charge in [-0.15, -0.1) is 11.3 Å². The smallest absolute Gasteiger partial charge is 0.296 e. The quantitative estimate of drug-likeness (QED) is 0.665. The molecule has 0 atom stereocenters. The second kappa shape index (κ2) is 5.79. The van der Waals surface area contributed by atoms with Gasteiger partial charge in [0.1, 0.15) is 5.82 Å². The Morgan fingerprint density at radius 3 is 2.79 bits per heavy atom. The van der Waals surface area contributed by atoms with Crippen molar-refractivity contribution in [2.24, 2.45) is 0 Å². The van der Waals surface area contributed by atoms with Gasteiger partial charge in [0.15, 0.2) is 5.69 Å². The van der Waals surface area contributed by atoms with Crippen LogP contribution in [-0.2, 0) is 0 Å². The van der Waals surface area contributed by atoms with E-state index in [1.54, 1.807) is 6.07 Å². The third-order valence-electron chi connectivity index (χ3n) is 2.70. The van der Waals surface area contributed by atoms with E-state index in [4.69, 9.17) is 0 Å². The van der Waals surface area contributed by atoms with Crippen LogP contribution in [0, 0.1) is 17.0 Å². The molecule has 0 aliphatic heterocycles. The number of nitrogens with one attached hydrogen (secondary N) is 1. The molecule has 1 N–H and O–H groups in total. The van der Waals surface area contributed by atoms with Gasteiger partial charge in [0, 0.05) is 12.6 Å². The summed E-state index contributed by atoms with van der Waals surface area (Å²) in [5, 5.41) is 16.2. The number of nitro groups is 1. The van der Waals surface area contributed by atoms with Crippen LogP contribution in [-0.4, -0.2) is 16.5 Å². The molecule has 0 aliphatic carbocycles. The highest BCUT2D eigenvalue weighted by Gasteiger charge is 2.20. The molecule has 0 radical (unpaired) electrons. The summed E-state index contributed by atoms with van der Waals surface area (Å²) in [6.07, 6.45) is 0.978. The van der Waals surface area contributed by atoms with Gasteiger partial charge in [0.05, 0.1) is 9.80 Å². The van der Waals surface area contributed by atoms with Crippen molar-refractivity contribution < 1.29 is 4.92 Å². The predicted molar refractivity (Wildman–Crippen MR) is 77.7 cm³/mol. The third kappa shape index (κ3) is 2.90. The highest BCUT2D eigenvalue weighted by molar-refractivity contribution is 7.13. The Kier molecular flexibility index (Phi) is 4.11. The van der Waals surface area contributed by atoms with Gasteiger partial charge in [-0.3, -0.25) is 10.1 Å². The molecule has 0 saturated heterocycles. The van der Waals surface area contributed by atoms with Crippen molar-refractivity contribution in [1.82, 2.24) is 4.98 Å². The van der Waals surface area contributed by atoms with Gasteiger partial charge in [0.25, 0.3) is 5.69 Å². The maximum Gasteiger partial charge on any atom is 0.296 e. The maximum atomic E-state index is 11.1. The molecule has 0 saturated carbocycles. The van der Waals surface area contributed by atoms with Crippen LogP contribution in [0.4, 0.5) is 11.5 Å². The lowest BCUT2D eigenvalue weighted by Gasteiger charge is -2.07. The molecule has 6 heteroatoms. The Morgan fingerprint density at radius 2 is 2.21 bits per heavy atom. The molecule has 0 bridgehead atoms. The summed E-state index contributed by atoms with van der Waals surface area (Å²) in [4.78, 5) is 16.0. The second-order valence-corrected chi connectivity index (χ2v) is 5.10. The minimum absolute atomic E-state index is 0.0487. The summed E-state index contributed by atoms with van der Waals surface area (Å²) in [6, 6.07) is 5.11.